The molecule has 1 aliphatic heterocycles. The largest absolute Gasteiger partial charge is 0.296 e. The average molecular weight is 246 g/mol. The first kappa shape index (κ1) is 11.2. The second-order valence-electron chi connectivity index (χ2n) is 5.06. The summed E-state index contributed by atoms with van der Waals surface area (Å²) in [7, 11) is 0. The quantitative estimate of drug-likeness (QED) is 0.806. The second-order valence-corrected chi connectivity index (χ2v) is 6.17. The van der Waals surface area contributed by atoms with Gasteiger partial charge in [0.1, 0.15) is 5.01 Å². The fourth-order valence-corrected chi connectivity index (χ4v) is 3.62. The minimum Gasteiger partial charge on any atom is -0.296 e. The highest BCUT2D eigenvalue weighted by Gasteiger charge is 2.17. The molecule has 3 rings (SSSR count). The molecule has 3 heteroatoms. The molecule has 90 valence electrons. The summed E-state index contributed by atoms with van der Waals surface area (Å²) in [5, 5.41) is 1.26. The highest BCUT2D eigenvalue weighted by Crippen LogP contribution is 2.24. The van der Waals surface area contributed by atoms with Crippen LogP contribution in [0, 0.1) is 5.92 Å². The molecule has 0 N–H and O–H groups in total. The Hall–Kier alpha value is -0.930. The molecule has 1 aliphatic rings. The summed E-state index contributed by atoms with van der Waals surface area (Å²) >= 11 is 1.84. The fraction of sp³-hybridized carbons (Fsp3) is 0.500. The van der Waals surface area contributed by atoms with Gasteiger partial charge in [-0.05, 0) is 37.4 Å². The normalized spacial score (nSPS) is 22.1. The maximum absolute atomic E-state index is 4.71. The van der Waals surface area contributed by atoms with Crippen LogP contribution in [-0.2, 0) is 6.54 Å². The van der Waals surface area contributed by atoms with Crippen molar-refractivity contribution >= 4 is 21.6 Å². The molecule has 0 unspecified atom stereocenters. The van der Waals surface area contributed by atoms with Crippen LogP contribution < -0.4 is 0 Å². The van der Waals surface area contributed by atoms with E-state index in [-0.39, 0.29) is 0 Å². The van der Waals surface area contributed by atoms with Crippen LogP contribution >= 0.6 is 11.3 Å². The van der Waals surface area contributed by atoms with Crippen molar-refractivity contribution in [2.45, 2.75) is 26.3 Å². The SMILES string of the molecule is C[C@@H]1CCCN(Cc2nc3ccccc3s2)C1. The van der Waals surface area contributed by atoms with Crippen molar-refractivity contribution < 1.29 is 0 Å². The maximum Gasteiger partial charge on any atom is 0.108 e. The van der Waals surface area contributed by atoms with Crippen LogP contribution in [0.4, 0.5) is 0 Å². The second kappa shape index (κ2) is 4.75. The van der Waals surface area contributed by atoms with E-state index in [4.69, 9.17) is 4.98 Å². The van der Waals surface area contributed by atoms with E-state index < -0.39 is 0 Å². The predicted octanol–water partition coefficient (Wildman–Crippen LogP) is 3.53. The number of fused-ring (bicyclic) bond motifs is 1. The van der Waals surface area contributed by atoms with Crippen LogP contribution in [0.25, 0.3) is 10.2 Å². The number of hydrogen-bond acceptors (Lipinski definition) is 3. The van der Waals surface area contributed by atoms with E-state index in [1.54, 1.807) is 0 Å². The monoisotopic (exact) mass is 246 g/mol. The van der Waals surface area contributed by atoms with Crippen LogP contribution in [0.2, 0.25) is 0 Å². The van der Waals surface area contributed by atoms with Gasteiger partial charge in [0.05, 0.1) is 16.8 Å². The number of likely N-dealkylation sites (tertiary alicyclic amines) is 1. The van der Waals surface area contributed by atoms with Gasteiger partial charge >= 0.3 is 0 Å². The Morgan fingerprint density at radius 1 is 1.41 bits per heavy atom. The van der Waals surface area contributed by atoms with E-state index in [9.17, 15) is 0 Å². The van der Waals surface area contributed by atoms with Crippen molar-refractivity contribution in [1.82, 2.24) is 9.88 Å². The Morgan fingerprint density at radius 2 is 2.29 bits per heavy atom. The average Bonchev–Trinajstić information content (AvgIpc) is 2.71. The maximum atomic E-state index is 4.71. The summed E-state index contributed by atoms with van der Waals surface area (Å²) in [5.41, 5.74) is 1.15. The van der Waals surface area contributed by atoms with Crippen molar-refractivity contribution in [2.24, 2.45) is 5.92 Å². The van der Waals surface area contributed by atoms with Gasteiger partial charge in [-0.2, -0.15) is 0 Å². The molecule has 2 heterocycles. The lowest BCUT2D eigenvalue weighted by Crippen LogP contribution is -2.33. The van der Waals surface area contributed by atoms with E-state index in [1.807, 2.05) is 11.3 Å². The van der Waals surface area contributed by atoms with Gasteiger partial charge in [-0.1, -0.05) is 19.1 Å². The summed E-state index contributed by atoms with van der Waals surface area (Å²) in [6.07, 6.45) is 2.72. The number of hydrogen-bond donors (Lipinski definition) is 0. The van der Waals surface area contributed by atoms with Crippen LogP contribution in [0.3, 0.4) is 0 Å². The first-order valence-corrected chi connectivity index (χ1v) is 7.20. The molecule has 1 aromatic carbocycles. The smallest absolute Gasteiger partial charge is 0.108 e. The molecule has 17 heavy (non-hydrogen) atoms. The van der Waals surface area contributed by atoms with E-state index >= 15 is 0 Å². The third kappa shape index (κ3) is 2.50. The zero-order valence-electron chi connectivity index (χ0n) is 10.2. The molecular weight excluding hydrogens is 228 g/mol. The number of rotatable bonds is 2. The fourth-order valence-electron chi connectivity index (χ4n) is 2.61. The molecule has 0 saturated carbocycles. The molecule has 0 spiro atoms. The first-order valence-electron chi connectivity index (χ1n) is 6.38. The van der Waals surface area contributed by atoms with Crippen molar-refractivity contribution in [2.75, 3.05) is 13.1 Å². The molecule has 2 aromatic rings. The van der Waals surface area contributed by atoms with Gasteiger partial charge in [0.25, 0.3) is 0 Å². The molecule has 1 fully saturated rings. The number of aromatic nitrogens is 1. The molecule has 0 aliphatic carbocycles. The lowest BCUT2D eigenvalue weighted by atomic mass is 10.0. The third-order valence-electron chi connectivity index (χ3n) is 3.44. The van der Waals surface area contributed by atoms with Gasteiger partial charge in [0, 0.05) is 6.54 Å². The van der Waals surface area contributed by atoms with Gasteiger partial charge in [-0.15, -0.1) is 11.3 Å². The Bertz CT molecular complexity index is 473. The van der Waals surface area contributed by atoms with E-state index in [2.05, 4.69) is 36.1 Å². The van der Waals surface area contributed by atoms with Crippen LogP contribution in [0.1, 0.15) is 24.8 Å². The van der Waals surface area contributed by atoms with Crippen molar-refractivity contribution in [3.8, 4) is 0 Å². The molecule has 0 bridgehead atoms. The van der Waals surface area contributed by atoms with Gasteiger partial charge in [-0.25, -0.2) is 4.98 Å². The predicted molar refractivity (Wildman–Crippen MR) is 73.3 cm³/mol. The Kier molecular flexibility index (Phi) is 3.12. The van der Waals surface area contributed by atoms with Crippen LogP contribution in [0.15, 0.2) is 24.3 Å². The molecule has 0 radical (unpaired) electrons. The zero-order chi connectivity index (χ0) is 11.7. The number of nitrogens with zero attached hydrogens (tertiary/aromatic N) is 2. The van der Waals surface area contributed by atoms with Crippen molar-refractivity contribution in [3.63, 3.8) is 0 Å². The van der Waals surface area contributed by atoms with E-state index in [0.717, 1.165) is 18.0 Å². The summed E-state index contributed by atoms with van der Waals surface area (Å²) in [6, 6.07) is 8.42. The Labute approximate surface area is 106 Å². The molecule has 1 atom stereocenters. The number of piperidine rings is 1. The summed E-state index contributed by atoms with van der Waals surface area (Å²) < 4.78 is 1.31. The topological polar surface area (TPSA) is 16.1 Å². The van der Waals surface area contributed by atoms with Crippen molar-refractivity contribution in [1.29, 1.82) is 0 Å². The Morgan fingerprint density at radius 3 is 3.12 bits per heavy atom. The minimum absolute atomic E-state index is 0.845. The van der Waals surface area contributed by atoms with Gasteiger partial charge in [-0.3, -0.25) is 4.90 Å². The molecule has 1 saturated heterocycles. The van der Waals surface area contributed by atoms with Gasteiger partial charge < -0.3 is 0 Å². The molecule has 2 nitrogen and oxygen atoms in total. The standard InChI is InChI=1S/C14H18N2S/c1-11-5-4-8-16(9-11)10-14-15-12-6-2-3-7-13(12)17-14/h2-3,6-7,11H,4-5,8-10H2,1H3/t11-/m1/s1. The Balaban J connectivity index is 1.75. The molecule has 0 amide bonds. The molecular formula is C14H18N2S. The summed E-state index contributed by atoms with van der Waals surface area (Å²) in [5.74, 6) is 0.845. The van der Waals surface area contributed by atoms with Gasteiger partial charge in [0.15, 0.2) is 0 Å². The molecule has 1 aromatic heterocycles. The van der Waals surface area contributed by atoms with Gasteiger partial charge in [0.2, 0.25) is 0 Å². The summed E-state index contributed by atoms with van der Waals surface area (Å²) in [4.78, 5) is 7.26. The van der Waals surface area contributed by atoms with Crippen LogP contribution in [0.5, 0.6) is 0 Å². The highest BCUT2D eigenvalue weighted by molar-refractivity contribution is 7.18. The zero-order valence-corrected chi connectivity index (χ0v) is 11.0. The lowest BCUT2D eigenvalue weighted by Gasteiger charge is -2.29. The third-order valence-corrected chi connectivity index (χ3v) is 4.46. The van der Waals surface area contributed by atoms with E-state index in [1.165, 1.54) is 35.6 Å². The number of para-hydroxylation sites is 1. The minimum atomic E-state index is 0.845. The lowest BCUT2D eigenvalue weighted by molar-refractivity contribution is 0.176. The number of benzene rings is 1. The highest BCUT2D eigenvalue weighted by atomic mass is 32.1. The van der Waals surface area contributed by atoms with Crippen LogP contribution in [-0.4, -0.2) is 23.0 Å². The first-order chi connectivity index (χ1) is 8.31. The van der Waals surface area contributed by atoms with E-state index in [0.29, 0.717) is 0 Å². The van der Waals surface area contributed by atoms with Crippen molar-refractivity contribution in [3.05, 3.63) is 29.3 Å². The number of thiazole rings is 1. The summed E-state index contributed by atoms with van der Waals surface area (Å²) in [6.45, 7) is 5.85.